The average Bonchev–Trinajstić information content (AvgIpc) is 2.53. The van der Waals surface area contributed by atoms with Gasteiger partial charge in [0.25, 0.3) is 0 Å². The van der Waals surface area contributed by atoms with E-state index in [0.29, 0.717) is 0 Å². The summed E-state index contributed by atoms with van der Waals surface area (Å²) >= 11 is 1.74. The molecule has 0 fully saturated rings. The van der Waals surface area contributed by atoms with Gasteiger partial charge < -0.3 is 10.4 Å². The molecule has 2 unspecified atom stereocenters. The molecule has 2 nitrogen and oxygen atoms in total. The molecule has 0 amide bonds. The minimum Gasteiger partial charge on any atom is -0.387 e. The van der Waals surface area contributed by atoms with Gasteiger partial charge >= 0.3 is 0 Å². The molecule has 21 heavy (non-hydrogen) atoms. The minimum absolute atomic E-state index is 0. The van der Waals surface area contributed by atoms with Crippen molar-refractivity contribution >= 4 is 24.2 Å². The van der Waals surface area contributed by atoms with E-state index in [9.17, 15) is 5.11 Å². The van der Waals surface area contributed by atoms with Gasteiger partial charge in [-0.2, -0.15) is 0 Å². The summed E-state index contributed by atoms with van der Waals surface area (Å²) in [6, 6.07) is 18.3. The Morgan fingerprint density at radius 1 is 1.05 bits per heavy atom. The predicted molar refractivity (Wildman–Crippen MR) is 93.2 cm³/mol. The van der Waals surface area contributed by atoms with Crippen LogP contribution in [0.2, 0.25) is 0 Å². The molecule has 0 aliphatic heterocycles. The van der Waals surface area contributed by atoms with E-state index in [4.69, 9.17) is 0 Å². The molecular weight excluding hydrogens is 302 g/mol. The van der Waals surface area contributed by atoms with Crippen molar-refractivity contribution in [1.82, 2.24) is 5.32 Å². The lowest BCUT2D eigenvalue weighted by atomic mass is 10.0. The lowest BCUT2D eigenvalue weighted by Crippen LogP contribution is -2.31. The molecule has 2 atom stereocenters. The molecular formula is C17H22ClNOS. The Balaban J connectivity index is 0.00000220. The first-order valence-corrected chi connectivity index (χ1v) is 8.02. The quantitative estimate of drug-likeness (QED) is 0.787. The third kappa shape index (κ3) is 5.36. The average molecular weight is 324 g/mol. The minimum atomic E-state index is -0.485. The third-order valence-corrected chi connectivity index (χ3v) is 4.15. The fraction of sp³-hybridized carbons (Fsp3) is 0.294. The number of hydrogen-bond donors (Lipinski definition) is 2. The smallest absolute Gasteiger partial charge is 0.0940 e. The molecule has 0 aliphatic carbocycles. The molecule has 0 aliphatic rings. The number of rotatable bonds is 6. The van der Waals surface area contributed by atoms with E-state index in [1.54, 1.807) is 11.8 Å². The van der Waals surface area contributed by atoms with Gasteiger partial charge in [0, 0.05) is 17.5 Å². The maximum atomic E-state index is 10.3. The summed E-state index contributed by atoms with van der Waals surface area (Å²) in [4.78, 5) is 1.27. The number of halogens is 1. The van der Waals surface area contributed by atoms with Crippen LogP contribution in [0.4, 0.5) is 0 Å². The molecule has 0 bridgehead atoms. The van der Waals surface area contributed by atoms with E-state index in [0.717, 1.165) is 12.1 Å². The number of nitrogens with one attached hydrogen (secondary N) is 1. The van der Waals surface area contributed by atoms with Crippen molar-refractivity contribution in [3.8, 4) is 0 Å². The molecule has 2 rings (SSSR count). The Bertz CT molecular complexity index is 518. The van der Waals surface area contributed by atoms with Crippen molar-refractivity contribution in [2.24, 2.45) is 0 Å². The van der Waals surface area contributed by atoms with Crippen LogP contribution in [-0.2, 0) is 6.54 Å². The summed E-state index contributed by atoms with van der Waals surface area (Å²) < 4.78 is 0. The number of hydrogen-bond acceptors (Lipinski definition) is 3. The summed E-state index contributed by atoms with van der Waals surface area (Å²) in [7, 11) is 0. The highest BCUT2D eigenvalue weighted by Crippen LogP contribution is 2.17. The van der Waals surface area contributed by atoms with Crippen molar-refractivity contribution < 1.29 is 5.11 Å². The van der Waals surface area contributed by atoms with Gasteiger partial charge in [-0.15, -0.1) is 24.2 Å². The van der Waals surface area contributed by atoms with Gasteiger partial charge in [-0.1, -0.05) is 42.5 Å². The van der Waals surface area contributed by atoms with Gasteiger partial charge in [0.05, 0.1) is 6.10 Å². The van der Waals surface area contributed by atoms with Crippen LogP contribution in [0, 0.1) is 0 Å². The maximum absolute atomic E-state index is 10.3. The first-order valence-electron chi connectivity index (χ1n) is 6.80. The van der Waals surface area contributed by atoms with Crippen LogP contribution in [0.5, 0.6) is 0 Å². The largest absolute Gasteiger partial charge is 0.387 e. The maximum Gasteiger partial charge on any atom is 0.0940 e. The molecule has 2 aromatic carbocycles. The lowest BCUT2D eigenvalue weighted by Gasteiger charge is -2.20. The van der Waals surface area contributed by atoms with E-state index >= 15 is 0 Å². The van der Waals surface area contributed by atoms with Crippen molar-refractivity contribution in [3.63, 3.8) is 0 Å². The molecule has 0 saturated heterocycles. The SMILES string of the molecule is CSc1ccc(CNC(C)C(O)c2ccccc2)cc1.Cl. The molecule has 0 spiro atoms. The van der Waals surface area contributed by atoms with Crippen molar-refractivity contribution in [2.75, 3.05) is 6.26 Å². The number of aliphatic hydroxyl groups is 1. The topological polar surface area (TPSA) is 32.3 Å². The molecule has 114 valence electrons. The monoisotopic (exact) mass is 323 g/mol. The normalized spacial score (nSPS) is 13.3. The summed E-state index contributed by atoms with van der Waals surface area (Å²) in [5.41, 5.74) is 2.18. The number of benzene rings is 2. The Kier molecular flexibility index (Phi) is 7.83. The van der Waals surface area contributed by atoms with E-state index < -0.39 is 6.10 Å². The summed E-state index contributed by atoms with van der Waals surface area (Å²) in [5, 5.41) is 13.7. The van der Waals surface area contributed by atoms with E-state index in [-0.39, 0.29) is 18.4 Å². The molecule has 0 heterocycles. The summed E-state index contributed by atoms with van der Waals surface area (Å²) in [6.07, 6.45) is 1.59. The van der Waals surface area contributed by atoms with E-state index in [2.05, 4.69) is 35.8 Å². The van der Waals surface area contributed by atoms with Crippen molar-refractivity contribution in [2.45, 2.75) is 30.5 Å². The summed E-state index contributed by atoms with van der Waals surface area (Å²) in [5.74, 6) is 0. The Hall–Kier alpha value is -1.00. The Morgan fingerprint density at radius 3 is 2.24 bits per heavy atom. The number of aliphatic hydroxyl groups excluding tert-OH is 1. The molecule has 0 radical (unpaired) electrons. The van der Waals surface area contributed by atoms with Gasteiger partial charge in [0.15, 0.2) is 0 Å². The van der Waals surface area contributed by atoms with Gasteiger partial charge in [-0.3, -0.25) is 0 Å². The van der Waals surface area contributed by atoms with Crippen LogP contribution >= 0.6 is 24.2 Å². The highest BCUT2D eigenvalue weighted by Gasteiger charge is 2.15. The second kappa shape index (κ2) is 9.11. The predicted octanol–water partition coefficient (Wildman–Crippen LogP) is 4.04. The van der Waals surface area contributed by atoms with Gasteiger partial charge in [-0.05, 0) is 36.4 Å². The standard InChI is InChI=1S/C17H21NOS.ClH/c1-13(17(19)15-6-4-3-5-7-15)18-12-14-8-10-16(20-2)11-9-14;/h3-11,13,17-19H,12H2,1-2H3;1H. The lowest BCUT2D eigenvalue weighted by molar-refractivity contribution is 0.135. The number of thioether (sulfide) groups is 1. The summed E-state index contributed by atoms with van der Waals surface area (Å²) in [6.45, 7) is 2.77. The van der Waals surface area contributed by atoms with Crippen LogP contribution in [-0.4, -0.2) is 17.4 Å². The molecule has 0 saturated carbocycles. The highest BCUT2D eigenvalue weighted by atomic mass is 35.5. The van der Waals surface area contributed by atoms with Gasteiger partial charge in [0.1, 0.15) is 0 Å². The zero-order chi connectivity index (χ0) is 14.4. The van der Waals surface area contributed by atoms with E-state index in [1.165, 1.54) is 10.5 Å². The van der Waals surface area contributed by atoms with Crippen LogP contribution < -0.4 is 5.32 Å². The molecule has 0 aromatic heterocycles. The Labute approximate surface area is 137 Å². The van der Waals surface area contributed by atoms with Crippen molar-refractivity contribution in [1.29, 1.82) is 0 Å². The van der Waals surface area contributed by atoms with Gasteiger partial charge in [-0.25, -0.2) is 0 Å². The van der Waals surface area contributed by atoms with E-state index in [1.807, 2.05) is 37.3 Å². The molecule has 2 aromatic rings. The third-order valence-electron chi connectivity index (χ3n) is 3.40. The first-order chi connectivity index (χ1) is 9.70. The zero-order valence-electron chi connectivity index (χ0n) is 12.3. The fourth-order valence-electron chi connectivity index (χ4n) is 2.07. The van der Waals surface area contributed by atoms with Crippen molar-refractivity contribution in [3.05, 3.63) is 65.7 Å². The fourth-order valence-corrected chi connectivity index (χ4v) is 2.48. The molecule has 4 heteroatoms. The highest BCUT2D eigenvalue weighted by molar-refractivity contribution is 7.98. The molecule has 2 N–H and O–H groups in total. The van der Waals surface area contributed by atoms with Crippen LogP contribution in [0.3, 0.4) is 0 Å². The second-order valence-electron chi connectivity index (χ2n) is 4.87. The van der Waals surface area contributed by atoms with Crippen LogP contribution in [0.25, 0.3) is 0 Å². The zero-order valence-corrected chi connectivity index (χ0v) is 14.0. The van der Waals surface area contributed by atoms with Crippen LogP contribution in [0.1, 0.15) is 24.2 Å². The second-order valence-corrected chi connectivity index (χ2v) is 5.75. The first kappa shape index (κ1) is 18.1. The Morgan fingerprint density at radius 2 is 1.67 bits per heavy atom. The van der Waals surface area contributed by atoms with Gasteiger partial charge in [0.2, 0.25) is 0 Å². The van der Waals surface area contributed by atoms with Crippen LogP contribution in [0.15, 0.2) is 59.5 Å².